The Balaban J connectivity index is 1.59. The molecule has 1 aromatic heterocycles. The summed E-state index contributed by atoms with van der Waals surface area (Å²) in [5, 5.41) is 15.9. The van der Waals surface area contributed by atoms with Crippen LogP contribution < -0.4 is 15.5 Å². The average molecular weight is 326 g/mol. The summed E-state index contributed by atoms with van der Waals surface area (Å²) >= 11 is 0. The van der Waals surface area contributed by atoms with Crippen molar-refractivity contribution in [2.24, 2.45) is 0 Å². The summed E-state index contributed by atoms with van der Waals surface area (Å²) in [5.74, 6) is 0.842. The lowest BCUT2D eigenvalue weighted by Gasteiger charge is -2.18. The molecule has 2 atom stereocenters. The minimum atomic E-state index is -0.589. The second-order valence-electron chi connectivity index (χ2n) is 6.19. The van der Waals surface area contributed by atoms with Crippen LogP contribution in [0.25, 0.3) is 0 Å². The van der Waals surface area contributed by atoms with Crippen molar-refractivity contribution in [2.45, 2.75) is 25.1 Å². The van der Waals surface area contributed by atoms with Gasteiger partial charge in [0.25, 0.3) is 0 Å². The summed E-state index contributed by atoms with van der Waals surface area (Å²) in [6.45, 7) is 0.402. The number of urea groups is 1. The molecule has 6 heteroatoms. The molecule has 0 unspecified atom stereocenters. The van der Waals surface area contributed by atoms with Gasteiger partial charge < -0.3 is 20.6 Å². The fourth-order valence-electron chi connectivity index (χ4n) is 2.94. The monoisotopic (exact) mass is 326 g/mol. The van der Waals surface area contributed by atoms with Gasteiger partial charge in [-0.1, -0.05) is 24.3 Å². The van der Waals surface area contributed by atoms with Crippen LogP contribution in [0.4, 0.5) is 10.6 Å². The summed E-state index contributed by atoms with van der Waals surface area (Å²) in [4.78, 5) is 18.3. The summed E-state index contributed by atoms with van der Waals surface area (Å²) in [6, 6.07) is 10.9. The molecule has 0 radical (unpaired) electrons. The highest BCUT2D eigenvalue weighted by Gasteiger charge is 2.31. The second kappa shape index (κ2) is 6.88. The Morgan fingerprint density at radius 2 is 2.12 bits per heavy atom. The predicted molar refractivity (Wildman–Crippen MR) is 92.8 cm³/mol. The summed E-state index contributed by atoms with van der Waals surface area (Å²) in [5.41, 5.74) is 3.04. The first-order chi connectivity index (χ1) is 11.5. The molecule has 0 saturated heterocycles. The Kier molecular flexibility index (Phi) is 4.66. The van der Waals surface area contributed by atoms with Crippen molar-refractivity contribution >= 4 is 11.8 Å². The lowest BCUT2D eigenvalue weighted by Crippen LogP contribution is -2.40. The summed E-state index contributed by atoms with van der Waals surface area (Å²) in [6.07, 6.45) is 1.70. The standard InChI is InChI=1S/C18H22N4O2/c1-22(2)16-9-12(7-8-19-16)11-20-18(24)21-17-14-6-4-3-5-13(14)10-15(17)23/h3-9,15,17,23H,10-11H2,1-2H3,(H2,20,21,24)/t15-,17+/m1/s1. The van der Waals surface area contributed by atoms with E-state index >= 15 is 0 Å². The number of nitrogens with one attached hydrogen (secondary N) is 2. The van der Waals surface area contributed by atoms with Crippen LogP contribution in [-0.2, 0) is 13.0 Å². The molecule has 0 bridgehead atoms. The number of fused-ring (bicyclic) bond motifs is 1. The molecule has 1 heterocycles. The van der Waals surface area contributed by atoms with E-state index in [1.165, 1.54) is 0 Å². The van der Waals surface area contributed by atoms with E-state index in [9.17, 15) is 9.90 Å². The van der Waals surface area contributed by atoms with Crippen molar-refractivity contribution in [3.63, 3.8) is 0 Å². The van der Waals surface area contributed by atoms with Gasteiger partial charge in [0.2, 0.25) is 0 Å². The van der Waals surface area contributed by atoms with E-state index < -0.39 is 6.10 Å². The van der Waals surface area contributed by atoms with Crippen LogP contribution in [0.5, 0.6) is 0 Å². The van der Waals surface area contributed by atoms with E-state index in [0.29, 0.717) is 13.0 Å². The van der Waals surface area contributed by atoms with Crippen LogP contribution in [-0.4, -0.2) is 36.3 Å². The number of hydrogen-bond acceptors (Lipinski definition) is 4. The third-order valence-corrected chi connectivity index (χ3v) is 4.21. The second-order valence-corrected chi connectivity index (χ2v) is 6.19. The van der Waals surface area contributed by atoms with Gasteiger partial charge in [-0.15, -0.1) is 0 Å². The van der Waals surface area contributed by atoms with E-state index in [2.05, 4.69) is 15.6 Å². The molecular weight excluding hydrogens is 304 g/mol. The maximum atomic E-state index is 12.2. The Morgan fingerprint density at radius 3 is 2.92 bits per heavy atom. The minimum Gasteiger partial charge on any atom is -0.390 e. The molecule has 3 rings (SSSR count). The minimum absolute atomic E-state index is 0.293. The highest BCUT2D eigenvalue weighted by Crippen LogP contribution is 2.31. The molecule has 0 fully saturated rings. The summed E-state index contributed by atoms with van der Waals surface area (Å²) in [7, 11) is 3.84. The van der Waals surface area contributed by atoms with Gasteiger partial charge in [0, 0.05) is 33.3 Å². The molecule has 24 heavy (non-hydrogen) atoms. The Hall–Kier alpha value is -2.60. The zero-order valence-corrected chi connectivity index (χ0v) is 13.9. The lowest BCUT2D eigenvalue weighted by molar-refractivity contribution is 0.142. The van der Waals surface area contributed by atoms with E-state index in [1.807, 2.05) is 55.4 Å². The van der Waals surface area contributed by atoms with Gasteiger partial charge in [0.15, 0.2) is 0 Å². The number of anilines is 1. The van der Waals surface area contributed by atoms with Gasteiger partial charge >= 0.3 is 6.03 Å². The van der Waals surface area contributed by atoms with Gasteiger partial charge in [-0.05, 0) is 28.8 Å². The Labute approximate surface area is 141 Å². The first kappa shape index (κ1) is 16.3. The third-order valence-electron chi connectivity index (χ3n) is 4.21. The molecule has 2 aromatic rings. The Bertz CT molecular complexity index is 732. The number of nitrogens with zero attached hydrogens (tertiary/aromatic N) is 2. The fourth-order valence-corrected chi connectivity index (χ4v) is 2.94. The molecule has 1 aliphatic carbocycles. The van der Waals surface area contributed by atoms with Crippen molar-refractivity contribution < 1.29 is 9.90 Å². The van der Waals surface area contributed by atoms with E-state index in [-0.39, 0.29) is 12.1 Å². The summed E-state index contributed by atoms with van der Waals surface area (Å²) < 4.78 is 0. The number of rotatable bonds is 4. The quantitative estimate of drug-likeness (QED) is 0.798. The molecule has 2 amide bonds. The number of aliphatic hydroxyl groups is 1. The number of carbonyl (C=O) groups is 1. The van der Waals surface area contributed by atoms with Crippen LogP contribution in [0, 0.1) is 0 Å². The number of hydrogen-bond donors (Lipinski definition) is 3. The van der Waals surface area contributed by atoms with E-state index in [1.54, 1.807) is 6.20 Å². The van der Waals surface area contributed by atoms with Crippen molar-refractivity contribution in [1.29, 1.82) is 0 Å². The van der Waals surface area contributed by atoms with Crippen LogP contribution in [0.2, 0.25) is 0 Å². The number of aliphatic hydroxyl groups excluding tert-OH is 1. The van der Waals surface area contributed by atoms with Gasteiger partial charge in [0.1, 0.15) is 5.82 Å². The molecule has 1 aromatic carbocycles. The average Bonchev–Trinajstić information content (AvgIpc) is 2.89. The fraction of sp³-hybridized carbons (Fsp3) is 0.333. The van der Waals surface area contributed by atoms with Gasteiger partial charge in [-0.2, -0.15) is 0 Å². The van der Waals surface area contributed by atoms with Crippen molar-refractivity contribution in [2.75, 3.05) is 19.0 Å². The van der Waals surface area contributed by atoms with Crippen LogP contribution in [0.3, 0.4) is 0 Å². The van der Waals surface area contributed by atoms with Crippen LogP contribution >= 0.6 is 0 Å². The first-order valence-electron chi connectivity index (χ1n) is 7.97. The van der Waals surface area contributed by atoms with Gasteiger partial charge in [-0.3, -0.25) is 0 Å². The number of aromatic nitrogens is 1. The molecule has 3 N–H and O–H groups in total. The largest absolute Gasteiger partial charge is 0.390 e. The number of pyridine rings is 1. The van der Waals surface area contributed by atoms with Crippen molar-refractivity contribution in [1.82, 2.24) is 15.6 Å². The molecule has 0 spiro atoms. The van der Waals surface area contributed by atoms with Gasteiger partial charge in [0.05, 0.1) is 12.1 Å². The van der Waals surface area contributed by atoms with Gasteiger partial charge in [-0.25, -0.2) is 9.78 Å². The normalized spacial score (nSPS) is 18.8. The van der Waals surface area contributed by atoms with Crippen LogP contribution in [0.1, 0.15) is 22.7 Å². The highest BCUT2D eigenvalue weighted by molar-refractivity contribution is 5.74. The lowest BCUT2D eigenvalue weighted by atomic mass is 10.1. The number of amides is 2. The van der Waals surface area contributed by atoms with Crippen molar-refractivity contribution in [3.05, 3.63) is 59.3 Å². The SMILES string of the molecule is CN(C)c1cc(CNC(=O)N[C@H]2c3ccccc3C[C@H]2O)ccn1. The zero-order chi connectivity index (χ0) is 17.1. The molecule has 1 aliphatic rings. The molecule has 126 valence electrons. The highest BCUT2D eigenvalue weighted by atomic mass is 16.3. The van der Waals surface area contributed by atoms with E-state index in [0.717, 1.165) is 22.5 Å². The smallest absolute Gasteiger partial charge is 0.315 e. The Morgan fingerprint density at radius 1 is 1.33 bits per heavy atom. The molecule has 6 nitrogen and oxygen atoms in total. The topological polar surface area (TPSA) is 77.5 Å². The third kappa shape index (κ3) is 3.49. The first-order valence-corrected chi connectivity index (χ1v) is 7.97. The van der Waals surface area contributed by atoms with Crippen molar-refractivity contribution in [3.8, 4) is 0 Å². The predicted octanol–water partition coefficient (Wildman–Crippen LogP) is 1.61. The molecule has 0 aliphatic heterocycles. The molecular formula is C18H22N4O2. The van der Waals surface area contributed by atoms with E-state index in [4.69, 9.17) is 0 Å². The maximum absolute atomic E-state index is 12.2. The maximum Gasteiger partial charge on any atom is 0.315 e. The zero-order valence-electron chi connectivity index (χ0n) is 13.9. The number of carbonyl (C=O) groups excluding carboxylic acids is 1. The number of benzene rings is 1. The molecule has 0 saturated carbocycles. The van der Waals surface area contributed by atoms with Crippen LogP contribution in [0.15, 0.2) is 42.6 Å².